The third-order valence-electron chi connectivity index (χ3n) is 3.15. The van der Waals surface area contributed by atoms with E-state index in [4.69, 9.17) is 10.5 Å². The van der Waals surface area contributed by atoms with Gasteiger partial charge >= 0.3 is 6.09 Å². The molecule has 4 heteroatoms. The van der Waals surface area contributed by atoms with Crippen LogP contribution < -0.4 is 10.6 Å². The molecule has 0 aromatic heterocycles. The molecule has 0 spiro atoms. The molecule has 1 amide bonds. The highest BCUT2D eigenvalue weighted by molar-refractivity contribution is 5.89. The second-order valence-corrected chi connectivity index (χ2v) is 6.09. The molecule has 2 N–H and O–H groups in total. The Morgan fingerprint density at radius 2 is 2.11 bits per heavy atom. The van der Waals surface area contributed by atoms with Gasteiger partial charge in [0, 0.05) is 12.6 Å². The summed E-state index contributed by atoms with van der Waals surface area (Å²) in [5.74, 6) is 0. The number of fused-ring (bicyclic) bond motifs is 1. The molecule has 0 bridgehead atoms. The second-order valence-electron chi connectivity index (χ2n) is 6.09. The van der Waals surface area contributed by atoms with E-state index in [0.29, 0.717) is 6.54 Å². The standard InChI is InChI=1S/C15H22N2O2/c1-10-5-6-11-12(16)7-8-17(13(11)9-10)14(18)19-15(2,3)4/h5-6,9,12H,7-8,16H2,1-4H3. The first kappa shape index (κ1) is 13.9. The van der Waals surface area contributed by atoms with E-state index in [9.17, 15) is 4.79 Å². The largest absolute Gasteiger partial charge is 0.443 e. The summed E-state index contributed by atoms with van der Waals surface area (Å²) >= 11 is 0. The number of hydrogen-bond donors (Lipinski definition) is 1. The van der Waals surface area contributed by atoms with E-state index in [2.05, 4.69) is 0 Å². The van der Waals surface area contributed by atoms with Crippen LogP contribution in [0.1, 0.15) is 44.4 Å². The zero-order chi connectivity index (χ0) is 14.2. The molecule has 19 heavy (non-hydrogen) atoms. The molecule has 1 heterocycles. The number of rotatable bonds is 0. The first-order chi connectivity index (χ1) is 8.78. The van der Waals surface area contributed by atoms with Gasteiger partial charge in [-0.3, -0.25) is 4.90 Å². The van der Waals surface area contributed by atoms with Gasteiger partial charge in [-0.15, -0.1) is 0 Å². The fourth-order valence-electron chi connectivity index (χ4n) is 2.25. The van der Waals surface area contributed by atoms with Gasteiger partial charge in [-0.1, -0.05) is 12.1 Å². The SMILES string of the molecule is Cc1ccc2c(c1)N(C(=O)OC(C)(C)C)CCC2N. The molecule has 2 rings (SSSR count). The Morgan fingerprint density at radius 1 is 1.42 bits per heavy atom. The van der Waals surface area contributed by atoms with Crippen LogP contribution in [0.4, 0.5) is 10.5 Å². The summed E-state index contributed by atoms with van der Waals surface area (Å²) in [5.41, 5.74) is 8.63. The van der Waals surface area contributed by atoms with Crippen LogP contribution in [0, 0.1) is 6.92 Å². The predicted molar refractivity (Wildman–Crippen MR) is 76.3 cm³/mol. The Labute approximate surface area is 114 Å². The maximum atomic E-state index is 12.3. The molecule has 1 unspecified atom stereocenters. The molecule has 104 valence electrons. The van der Waals surface area contributed by atoms with Crippen LogP contribution in [-0.2, 0) is 4.74 Å². The molecular formula is C15H22N2O2. The van der Waals surface area contributed by atoms with E-state index in [1.54, 1.807) is 4.90 Å². The van der Waals surface area contributed by atoms with Crippen LogP contribution in [0.2, 0.25) is 0 Å². The Morgan fingerprint density at radius 3 is 2.74 bits per heavy atom. The number of amides is 1. The van der Waals surface area contributed by atoms with Crippen molar-refractivity contribution in [2.45, 2.75) is 45.8 Å². The van der Waals surface area contributed by atoms with Gasteiger partial charge < -0.3 is 10.5 Å². The zero-order valence-electron chi connectivity index (χ0n) is 12.1. The molecular weight excluding hydrogens is 240 g/mol. The van der Waals surface area contributed by atoms with Gasteiger partial charge in [0.15, 0.2) is 0 Å². The first-order valence-corrected chi connectivity index (χ1v) is 6.64. The number of nitrogens with two attached hydrogens (primary N) is 1. The van der Waals surface area contributed by atoms with E-state index in [0.717, 1.165) is 23.2 Å². The minimum Gasteiger partial charge on any atom is -0.443 e. The summed E-state index contributed by atoms with van der Waals surface area (Å²) in [6.45, 7) is 8.23. The highest BCUT2D eigenvalue weighted by Gasteiger charge is 2.30. The minimum absolute atomic E-state index is 0.00529. The molecule has 4 nitrogen and oxygen atoms in total. The number of benzene rings is 1. The van der Waals surface area contributed by atoms with Gasteiger partial charge in [-0.25, -0.2) is 4.79 Å². The minimum atomic E-state index is -0.485. The van der Waals surface area contributed by atoms with Crippen molar-refractivity contribution in [1.82, 2.24) is 0 Å². The van der Waals surface area contributed by atoms with Crippen LogP contribution >= 0.6 is 0 Å². The molecule has 1 aromatic rings. The van der Waals surface area contributed by atoms with Crippen LogP contribution in [0.25, 0.3) is 0 Å². The summed E-state index contributed by atoms with van der Waals surface area (Å²) in [7, 11) is 0. The van der Waals surface area contributed by atoms with Crippen molar-refractivity contribution >= 4 is 11.8 Å². The normalized spacial score (nSPS) is 19.0. The van der Waals surface area contributed by atoms with Gasteiger partial charge in [0.2, 0.25) is 0 Å². The van der Waals surface area contributed by atoms with Crippen molar-refractivity contribution in [1.29, 1.82) is 0 Å². The molecule has 0 saturated carbocycles. The second kappa shape index (κ2) is 4.85. The van der Waals surface area contributed by atoms with Crippen molar-refractivity contribution < 1.29 is 9.53 Å². The lowest BCUT2D eigenvalue weighted by Gasteiger charge is -2.34. The fourth-order valence-corrected chi connectivity index (χ4v) is 2.25. The third-order valence-corrected chi connectivity index (χ3v) is 3.15. The average molecular weight is 262 g/mol. The van der Waals surface area contributed by atoms with Crippen LogP contribution in [-0.4, -0.2) is 18.2 Å². The van der Waals surface area contributed by atoms with E-state index in [-0.39, 0.29) is 12.1 Å². The Hall–Kier alpha value is -1.55. The first-order valence-electron chi connectivity index (χ1n) is 6.64. The highest BCUT2D eigenvalue weighted by atomic mass is 16.6. The van der Waals surface area contributed by atoms with Gasteiger partial charge in [0.05, 0.1) is 5.69 Å². The number of aryl methyl sites for hydroxylation is 1. The lowest BCUT2D eigenvalue weighted by molar-refractivity contribution is 0.0576. The maximum absolute atomic E-state index is 12.3. The molecule has 1 aromatic carbocycles. The van der Waals surface area contributed by atoms with Gasteiger partial charge in [0.1, 0.15) is 5.60 Å². The summed E-state index contributed by atoms with van der Waals surface area (Å²) in [4.78, 5) is 13.9. The van der Waals surface area contributed by atoms with E-state index in [1.165, 1.54) is 0 Å². The Kier molecular flexibility index (Phi) is 3.54. The fraction of sp³-hybridized carbons (Fsp3) is 0.533. The number of nitrogens with zero attached hydrogens (tertiary/aromatic N) is 1. The third kappa shape index (κ3) is 3.07. The average Bonchev–Trinajstić information content (AvgIpc) is 2.26. The van der Waals surface area contributed by atoms with E-state index in [1.807, 2.05) is 45.9 Å². The lowest BCUT2D eigenvalue weighted by atomic mass is 9.96. The summed E-state index contributed by atoms with van der Waals surface area (Å²) < 4.78 is 5.46. The lowest BCUT2D eigenvalue weighted by Crippen LogP contribution is -2.41. The number of anilines is 1. The van der Waals surface area contributed by atoms with Crippen LogP contribution in [0.3, 0.4) is 0 Å². The monoisotopic (exact) mass is 262 g/mol. The molecule has 0 aliphatic carbocycles. The summed E-state index contributed by atoms with van der Waals surface area (Å²) in [6, 6.07) is 6.02. The zero-order valence-corrected chi connectivity index (χ0v) is 12.1. The quantitative estimate of drug-likeness (QED) is 0.781. The number of hydrogen-bond acceptors (Lipinski definition) is 3. The van der Waals surface area contributed by atoms with E-state index >= 15 is 0 Å². The Balaban J connectivity index is 2.32. The smallest absolute Gasteiger partial charge is 0.414 e. The highest BCUT2D eigenvalue weighted by Crippen LogP contribution is 2.34. The number of carbonyl (C=O) groups is 1. The van der Waals surface area contributed by atoms with Crippen molar-refractivity contribution in [2.75, 3.05) is 11.4 Å². The van der Waals surface area contributed by atoms with E-state index < -0.39 is 5.60 Å². The molecule has 1 aliphatic rings. The van der Waals surface area contributed by atoms with Crippen LogP contribution in [0.5, 0.6) is 0 Å². The summed E-state index contributed by atoms with van der Waals surface area (Å²) in [6.07, 6.45) is 0.459. The summed E-state index contributed by atoms with van der Waals surface area (Å²) in [5, 5.41) is 0. The molecule has 1 atom stereocenters. The molecule has 0 saturated heterocycles. The van der Waals surface area contributed by atoms with Crippen molar-refractivity contribution in [3.8, 4) is 0 Å². The van der Waals surface area contributed by atoms with Crippen molar-refractivity contribution in [3.63, 3.8) is 0 Å². The number of ether oxygens (including phenoxy) is 1. The topological polar surface area (TPSA) is 55.6 Å². The van der Waals surface area contributed by atoms with Gasteiger partial charge in [0.25, 0.3) is 0 Å². The van der Waals surface area contributed by atoms with Crippen molar-refractivity contribution in [3.05, 3.63) is 29.3 Å². The molecule has 0 radical (unpaired) electrons. The van der Waals surface area contributed by atoms with Crippen molar-refractivity contribution in [2.24, 2.45) is 5.73 Å². The maximum Gasteiger partial charge on any atom is 0.414 e. The predicted octanol–water partition coefficient (Wildman–Crippen LogP) is 3.14. The Bertz CT molecular complexity index is 491. The number of carbonyl (C=O) groups excluding carboxylic acids is 1. The molecule has 1 aliphatic heterocycles. The van der Waals surface area contributed by atoms with Crippen LogP contribution in [0.15, 0.2) is 18.2 Å². The van der Waals surface area contributed by atoms with Gasteiger partial charge in [-0.2, -0.15) is 0 Å². The van der Waals surface area contributed by atoms with Gasteiger partial charge in [-0.05, 0) is 51.3 Å². The molecule has 0 fully saturated rings.